The smallest absolute Gasteiger partial charge is 0.289 e. The third kappa shape index (κ3) is 1.38. The van der Waals surface area contributed by atoms with Gasteiger partial charge in [-0.25, -0.2) is 0 Å². The molecule has 1 N–H and O–H groups in total. The summed E-state index contributed by atoms with van der Waals surface area (Å²) in [4.78, 5) is 34.9. The summed E-state index contributed by atoms with van der Waals surface area (Å²) in [5.41, 5.74) is -1.27. The highest BCUT2D eigenvalue weighted by Gasteiger charge is 2.68. The Labute approximate surface area is 113 Å². The second-order valence-electron chi connectivity index (χ2n) is 4.65. The lowest BCUT2D eigenvalue weighted by atomic mass is 9.74. The molecule has 6 nitrogen and oxygen atoms in total. The molecule has 1 aromatic carbocycles. The molecule has 0 radical (unpaired) electrons. The topological polar surface area (TPSA) is 89.3 Å². The summed E-state index contributed by atoms with van der Waals surface area (Å²) in [5.74, 6) is -2.62. The number of amides is 2. The molecule has 6 heteroatoms. The van der Waals surface area contributed by atoms with Crippen LogP contribution in [-0.2, 0) is 9.59 Å². The van der Waals surface area contributed by atoms with E-state index in [4.69, 9.17) is 0 Å². The van der Waals surface area contributed by atoms with Crippen molar-refractivity contribution in [2.45, 2.75) is 5.54 Å². The van der Waals surface area contributed by atoms with Gasteiger partial charge in [-0.3, -0.25) is 25.0 Å². The van der Waals surface area contributed by atoms with Crippen molar-refractivity contribution in [1.29, 1.82) is 0 Å². The lowest BCUT2D eigenvalue weighted by molar-refractivity contribution is -0.537. The number of benzene rings is 1. The molecule has 1 heterocycles. The zero-order valence-electron chi connectivity index (χ0n) is 10.3. The average Bonchev–Trinajstić information content (AvgIpc) is 2.72. The van der Waals surface area contributed by atoms with E-state index in [0.717, 1.165) is 0 Å². The Kier molecular flexibility index (Phi) is 2.53. The monoisotopic (exact) mass is 270 g/mol. The Morgan fingerprint density at radius 3 is 2.55 bits per heavy atom. The van der Waals surface area contributed by atoms with Gasteiger partial charge in [0, 0.05) is 10.5 Å². The van der Waals surface area contributed by atoms with E-state index in [1.165, 1.54) is 12.2 Å². The van der Waals surface area contributed by atoms with Gasteiger partial charge < -0.3 is 0 Å². The second-order valence-corrected chi connectivity index (χ2v) is 4.65. The number of carbonyl (C=O) groups is 2. The Hall–Kier alpha value is -2.76. The normalized spacial score (nSPS) is 27.8. The highest BCUT2D eigenvalue weighted by molar-refractivity contribution is 6.17. The number of nitro groups is 1. The number of carbonyl (C=O) groups excluding carboxylic acids is 2. The number of imide groups is 1. The van der Waals surface area contributed by atoms with Crippen LogP contribution in [-0.4, -0.2) is 22.3 Å². The Morgan fingerprint density at radius 2 is 1.90 bits per heavy atom. The van der Waals surface area contributed by atoms with Crippen molar-refractivity contribution < 1.29 is 14.5 Å². The number of rotatable bonds is 2. The van der Waals surface area contributed by atoms with E-state index < -0.39 is 28.2 Å². The summed E-state index contributed by atoms with van der Waals surface area (Å²) < 4.78 is 0. The maximum Gasteiger partial charge on any atom is 0.339 e. The van der Waals surface area contributed by atoms with Gasteiger partial charge in [-0.15, -0.1) is 0 Å². The fourth-order valence-electron chi connectivity index (χ4n) is 2.75. The van der Waals surface area contributed by atoms with Crippen LogP contribution in [0.25, 0.3) is 5.57 Å². The molecule has 100 valence electrons. The van der Waals surface area contributed by atoms with E-state index in [1.54, 1.807) is 36.4 Å². The fraction of sp³-hybridized carbons (Fsp3) is 0.143. The molecule has 0 saturated carbocycles. The summed E-state index contributed by atoms with van der Waals surface area (Å²) >= 11 is 0. The summed E-state index contributed by atoms with van der Waals surface area (Å²) in [7, 11) is 0. The molecule has 2 aliphatic rings. The number of hydrogen-bond donors (Lipinski definition) is 1. The SMILES string of the molecule is O=C1NC(=O)C2([N+](=O)[O-])C(c3ccccc3)=CC=CC12. The number of nitrogens with one attached hydrogen (secondary N) is 1. The maximum absolute atomic E-state index is 12.1. The molecule has 20 heavy (non-hydrogen) atoms. The van der Waals surface area contributed by atoms with Crippen LogP contribution >= 0.6 is 0 Å². The van der Waals surface area contributed by atoms with Gasteiger partial charge in [-0.1, -0.05) is 48.6 Å². The molecule has 2 atom stereocenters. The highest BCUT2D eigenvalue weighted by Crippen LogP contribution is 2.43. The van der Waals surface area contributed by atoms with Gasteiger partial charge in [0.05, 0.1) is 0 Å². The summed E-state index contributed by atoms with van der Waals surface area (Å²) in [6.07, 6.45) is 4.50. The fourth-order valence-corrected chi connectivity index (χ4v) is 2.75. The first-order chi connectivity index (χ1) is 9.58. The molecular weight excluding hydrogens is 260 g/mol. The van der Waals surface area contributed by atoms with Crippen molar-refractivity contribution in [2.24, 2.45) is 5.92 Å². The molecule has 1 aliphatic heterocycles. The highest BCUT2D eigenvalue weighted by atomic mass is 16.6. The summed E-state index contributed by atoms with van der Waals surface area (Å²) in [6, 6.07) is 8.60. The summed E-state index contributed by atoms with van der Waals surface area (Å²) in [6.45, 7) is 0. The predicted molar refractivity (Wildman–Crippen MR) is 69.9 cm³/mol. The Balaban J connectivity index is 2.26. The van der Waals surface area contributed by atoms with Crippen LogP contribution in [0.4, 0.5) is 0 Å². The van der Waals surface area contributed by atoms with Crippen LogP contribution in [0, 0.1) is 16.0 Å². The molecule has 0 bridgehead atoms. The van der Waals surface area contributed by atoms with Crippen molar-refractivity contribution in [3.8, 4) is 0 Å². The number of hydrogen-bond acceptors (Lipinski definition) is 4. The van der Waals surface area contributed by atoms with Gasteiger partial charge in [-0.05, 0) is 5.56 Å². The first-order valence-corrected chi connectivity index (χ1v) is 6.02. The van der Waals surface area contributed by atoms with Crippen LogP contribution in [0.15, 0.2) is 48.6 Å². The molecule has 1 aromatic rings. The van der Waals surface area contributed by atoms with Crippen molar-refractivity contribution in [1.82, 2.24) is 5.32 Å². The molecule has 1 aliphatic carbocycles. The Bertz CT molecular complexity index is 678. The lowest BCUT2D eigenvalue weighted by Crippen LogP contribution is -2.51. The first kappa shape index (κ1) is 12.3. The van der Waals surface area contributed by atoms with Crippen LogP contribution < -0.4 is 5.32 Å². The van der Waals surface area contributed by atoms with Gasteiger partial charge in [0.15, 0.2) is 0 Å². The second kappa shape index (κ2) is 4.12. The van der Waals surface area contributed by atoms with E-state index in [-0.39, 0.29) is 5.57 Å². The van der Waals surface area contributed by atoms with Crippen molar-refractivity contribution in [2.75, 3.05) is 0 Å². The van der Waals surface area contributed by atoms with Crippen LogP contribution in [0.5, 0.6) is 0 Å². The summed E-state index contributed by atoms with van der Waals surface area (Å²) in [5, 5.41) is 13.7. The largest absolute Gasteiger partial charge is 0.339 e. The van der Waals surface area contributed by atoms with Crippen molar-refractivity contribution in [3.63, 3.8) is 0 Å². The zero-order chi connectivity index (χ0) is 14.3. The third-order valence-electron chi connectivity index (χ3n) is 3.67. The molecule has 0 aromatic heterocycles. The standard InChI is InChI=1S/C14H10N2O4/c17-12-11-8-4-7-10(9-5-2-1-3-6-9)14(11,16(19)20)13(18)15-12/h1-8,11H,(H,15,17,18). The molecule has 2 unspecified atom stereocenters. The van der Waals surface area contributed by atoms with Gasteiger partial charge in [0.1, 0.15) is 5.92 Å². The van der Waals surface area contributed by atoms with E-state index in [9.17, 15) is 19.7 Å². The molecule has 1 saturated heterocycles. The van der Waals surface area contributed by atoms with Gasteiger partial charge >= 0.3 is 11.4 Å². The quantitative estimate of drug-likeness (QED) is 0.491. The van der Waals surface area contributed by atoms with Crippen LogP contribution in [0.1, 0.15) is 5.56 Å². The minimum Gasteiger partial charge on any atom is -0.289 e. The van der Waals surface area contributed by atoms with E-state index in [2.05, 4.69) is 5.32 Å². The van der Waals surface area contributed by atoms with Crippen LogP contribution in [0.2, 0.25) is 0 Å². The van der Waals surface area contributed by atoms with E-state index >= 15 is 0 Å². The van der Waals surface area contributed by atoms with E-state index in [1.807, 2.05) is 0 Å². The van der Waals surface area contributed by atoms with Crippen molar-refractivity contribution >= 4 is 17.4 Å². The minimum atomic E-state index is -2.06. The molecule has 0 spiro atoms. The molecule has 1 fully saturated rings. The molecule has 3 rings (SSSR count). The number of allylic oxidation sites excluding steroid dienone is 2. The number of nitrogens with zero attached hydrogens (tertiary/aromatic N) is 1. The first-order valence-electron chi connectivity index (χ1n) is 6.02. The average molecular weight is 270 g/mol. The van der Waals surface area contributed by atoms with Crippen LogP contribution in [0.3, 0.4) is 0 Å². The zero-order valence-corrected chi connectivity index (χ0v) is 10.3. The van der Waals surface area contributed by atoms with Gasteiger partial charge in [-0.2, -0.15) is 0 Å². The number of fused-ring (bicyclic) bond motifs is 1. The maximum atomic E-state index is 12.1. The predicted octanol–water partition coefficient (Wildman–Crippen LogP) is 0.928. The van der Waals surface area contributed by atoms with Gasteiger partial charge in [0.25, 0.3) is 0 Å². The minimum absolute atomic E-state index is 0.235. The Morgan fingerprint density at radius 1 is 1.20 bits per heavy atom. The van der Waals surface area contributed by atoms with Crippen molar-refractivity contribution in [3.05, 3.63) is 64.2 Å². The third-order valence-corrected chi connectivity index (χ3v) is 3.67. The molecular formula is C14H10N2O4. The van der Waals surface area contributed by atoms with E-state index in [0.29, 0.717) is 5.56 Å². The lowest BCUT2D eigenvalue weighted by Gasteiger charge is -2.26. The van der Waals surface area contributed by atoms with Gasteiger partial charge in [0.2, 0.25) is 5.91 Å². The molecule has 2 amide bonds.